The zero-order valence-corrected chi connectivity index (χ0v) is 30.6. The normalized spacial score (nSPS) is 11.2. The first-order valence-corrected chi connectivity index (χ1v) is 17.8. The van der Waals surface area contributed by atoms with E-state index in [0.29, 0.717) is 0 Å². The number of aromatic nitrogens is 4. The third kappa shape index (κ3) is 11.8. The summed E-state index contributed by atoms with van der Waals surface area (Å²) in [4.78, 5) is 18.6. The van der Waals surface area contributed by atoms with Crippen LogP contribution in [0.3, 0.4) is 0 Å². The van der Waals surface area contributed by atoms with Crippen LogP contribution in [0.2, 0.25) is 0 Å². The molecule has 1 fully saturated rings. The van der Waals surface area contributed by atoms with Crippen molar-refractivity contribution in [3.05, 3.63) is 207 Å². The Balaban J connectivity index is 0.000000163. The fourth-order valence-corrected chi connectivity index (χ4v) is 5.55. The summed E-state index contributed by atoms with van der Waals surface area (Å²) in [6.07, 6.45) is 7.87. The van der Waals surface area contributed by atoms with Gasteiger partial charge in [-0.05, 0) is 12.8 Å². The van der Waals surface area contributed by atoms with Crippen LogP contribution in [0.5, 0.6) is 0 Å². The maximum Gasteiger partial charge on any atom is 1.00 e. The number of hydrogen-bond acceptors (Lipinski definition) is 5. The van der Waals surface area contributed by atoms with Gasteiger partial charge in [0.1, 0.15) is 0 Å². The van der Waals surface area contributed by atoms with Crippen LogP contribution in [0.4, 0.5) is 0 Å². The van der Waals surface area contributed by atoms with Gasteiger partial charge in [0.05, 0.1) is 34.7 Å². The second-order valence-electron chi connectivity index (χ2n) is 11.9. The molecule has 0 N–H and O–H groups in total. The summed E-state index contributed by atoms with van der Waals surface area (Å²) in [6.45, 7) is 2.00. The molecule has 9 rings (SSSR count). The fourth-order valence-electron chi connectivity index (χ4n) is 5.55. The zero-order chi connectivity index (χ0) is 36.2. The van der Waals surface area contributed by atoms with Crippen LogP contribution in [-0.2, 0) is 4.74 Å². The van der Waals surface area contributed by atoms with Crippen LogP contribution in [0.1, 0.15) is 12.8 Å². The monoisotopic (exact) mass is 696 g/mol. The molecular weight excluding hydrogens is 655 g/mol. The Morgan fingerprint density at radius 3 is 1.07 bits per heavy atom. The summed E-state index contributed by atoms with van der Waals surface area (Å²) >= 11 is 0. The first-order valence-electron chi connectivity index (χ1n) is 17.8. The molecule has 260 valence electrons. The molecule has 1 saturated heterocycles. The van der Waals surface area contributed by atoms with E-state index < -0.39 is 0 Å². The Hall–Kier alpha value is -5.96. The quantitative estimate of drug-likeness (QED) is 0.133. The smallest absolute Gasteiger partial charge is 0.381 e. The molecular formula is C48H41LiN4O. The van der Waals surface area contributed by atoms with Crippen LogP contribution in [0, 0.1) is 6.07 Å². The molecule has 5 nitrogen and oxygen atoms in total. The first kappa shape index (κ1) is 39.2. The van der Waals surface area contributed by atoms with Gasteiger partial charge in [0.25, 0.3) is 0 Å². The first-order chi connectivity index (χ1) is 26.4. The van der Waals surface area contributed by atoms with Gasteiger partial charge < -0.3 is 4.74 Å². The van der Waals surface area contributed by atoms with Crippen LogP contribution < -0.4 is 18.9 Å². The molecule has 0 aliphatic carbocycles. The summed E-state index contributed by atoms with van der Waals surface area (Å²) in [5, 5.41) is 0. The van der Waals surface area contributed by atoms with Crippen LogP contribution >= 0.6 is 0 Å². The third-order valence-corrected chi connectivity index (χ3v) is 8.16. The SMILES string of the molecule is C1CCOC1.[Li+].[c-]1ccccc1.c1ccc(-c2cnc(-c3ccccc3)c(-c3ccccc3)n2)cc1.c1ccc(-c2nccnc2-c2ccccc2)cc1. The Morgan fingerprint density at radius 1 is 0.389 bits per heavy atom. The second-order valence-corrected chi connectivity index (χ2v) is 11.9. The summed E-state index contributed by atoms with van der Waals surface area (Å²) in [5.74, 6) is 0. The Bertz CT molecular complexity index is 2090. The largest absolute Gasteiger partial charge is 1.00 e. The molecule has 0 spiro atoms. The minimum atomic E-state index is 0. The molecule has 6 aromatic carbocycles. The van der Waals surface area contributed by atoms with Crippen LogP contribution in [0.25, 0.3) is 56.3 Å². The van der Waals surface area contributed by atoms with E-state index in [2.05, 4.69) is 76.7 Å². The summed E-state index contributed by atoms with van der Waals surface area (Å²) in [7, 11) is 0. The van der Waals surface area contributed by atoms with E-state index in [4.69, 9.17) is 14.7 Å². The number of nitrogens with zero attached hydrogens (tertiary/aromatic N) is 4. The summed E-state index contributed by atoms with van der Waals surface area (Å²) < 4.78 is 4.94. The minimum absolute atomic E-state index is 0. The predicted octanol–water partition coefficient (Wildman–Crippen LogP) is 8.58. The maximum absolute atomic E-state index is 4.94. The van der Waals surface area contributed by atoms with Crippen LogP contribution in [-0.4, -0.2) is 33.1 Å². The third-order valence-electron chi connectivity index (χ3n) is 8.16. The topological polar surface area (TPSA) is 60.8 Å². The van der Waals surface area contributed by atoms with Gasteiger partial charge in [-0.3, -0.25) is 15.0 Å². The van der Waals surface area contributed by atoms with Crippen LogP contribution in [0.15, 0.2) is 201 Å². The van der Waals surface area contributed by atoms with Gasteiger partial charge in [0.15, 0.2) is 0 Å². The van der Waals surface area contributed by atoms with E-state index in [1.807, 2.05) is 128 Å². The van der Waals surface area contributed by atoms with Crippen molar-refractivity contribution in [1.29, 1.82) is 0 Å². The van der Waals surface area contributed by atoms with Crippen molar-refractivity contribution in [3.63, 3.8) is 0 Å². The Kier molecular flexibility index (Phi) is 16.1. The average Bonchev–Trinajstić information content (AvgIpc) is 3.87. The standard InChI is InChI=1S/C22H16N2.C16H12N2.C6H5.C4H8O.Li/c1-4-10-17(11-5-1)20-16-23-21(18-12-6-2-7-13-18)22(24-20)19-14-8-3-9-15-19;1-3-7-13(8-4-1)15-16(18-12-11-17-15)14-9-5-2-6-10-14;1-2-4-6-5-3-1;1-2-4-5-3-1;/h1-16H;1-12H;1-5H;1-4H2;/q;;-1;;+1. The predicted molar refractivity (Wildman–Crippen MR) is 217 cm³/mol. The van der Waals surface area contributed by atoms with Gasteiger partial charge in [-0.2, -0.15) is 36.4 Å². The molecule has 0 saturated carbocycles. The summed E-state index contributed by atoms with van der Waals surface area (Å²) in [6, 6.07) is 63.3. The van der Waals surface area contributed by atoms with E-state index in [1.165, 1.54) is 12.8 Å². The number of rotatable bonds is 5. The molecule has 0 atom stereocenters. The van der Waals surface area contributed by atoms with E-state index in [1.54, 1.807) is 12.4 Å². The fraction of sp³-hybridized carbons (Fsp3) is 0.0833. The van der Waals surface area contributed by atoms with E-state index in [-0.39, 0.29) is 18.9 Å². The van der Waals surface area contributed by atoms with Gasteiger partial charge in [0, 0.05) is 53.4 Å². The molecule has 8 aromatic rings. The summed E-state index contributed by atoms with van der Waals surface area (Å²) in [5.41, 5.74) is 9.92. The Morgan fingerprint density at radius 2 is 0.741 bits per heavy atom. The molecule has 1 aliphatic heterocycles. The second kappa shape index (κ2) is 22.2. The van der Waals surface area contributed by atoms with Crippen molar-refractivity contribution in [2.75, 3.05) is 13.2 Å². The molecule has 6 heteroatoms. The number of ether oxygens (including phenoxy) is 1. The zero-order valence-electron chi connectivity index (χ0n) is 30.6. The Labute approximate surface area is 331 Å². The van der Waals surface area contributed by atoms with Gasteiger partial charge in [-0.25, -0.2) is 4.98 Å². The molecule has 54 heavy (non-hydrogen) atoms. The minimum Gasteiger partial charge on any atom is -0.381 e. The van der Waals surface area contributed by atoms with Crippen molar-refractivity contribution >= 4 is 0 Å². The molecule has 3 heterocycles. The van der Waals surface area contributed by atoms with Gasteiger partial charge in [0.2, 0.25) is 0 Å². The van der Waals surface area contributed by atoms with Gasteiger partial charge >= 0.3 is 18.9 Å². The van der Waals surface area contributed by atoms with Crippen molar-refractivity contribution in [2.24, 2.45) is 0 Å². The van der Waals surface area contributed by atoms with Crippen molar-refractivity contribution < 1.29 is 23.6 Å². The number of hydrogen-bond donors (Lipinski definition) is 0. The molecule has 0 bridgehead atoms. The van der Waals surface area contributed by atoms with E-state index in [9.17, 15) is 0 Å². The molecule has 0 unspecified atom stereocenters. The molecule has 1 aliphatic rings. The van der Waals surface area contributed by atoms with Crippen molar-refractivity contribution in [2.45, 2.75) is 12.8 Å². The molecule has 0 amide bonds. The van der Waals surface area contributed by atoms with Crippen molar-refractivity contribution in [1.82, 2.24) is 19.9 Å². The molecule has 2 aromatic heterocycles. The van der Waals surface area contributed by atoms with Gasteiger partial charge in [-0.1, -0.05) is 152 Å². The number of benzene rings is 6. The van der Waals surface area contributed by atoms with E-state index in [0.717, 1.165) is 69.5 Å². The van der Waals surface area contributed by atoms with E-state index >= 15 is 0 Å². The maximum atomic E-state index is 4.94. The average molecular weight is 697 g/mol. The van der Waals surface area contributed by atoms with Crippen molar-refractivity contribution in [3.8, 4) is 56.3 Å². The molecule has 0 radical (unpaired) electrons. The van der Waals surface area contributed by atoms with Gasteiger partial charge in [-0.15, -0.1) is 0 Å².